The average Bonchev–Trinajstić information content (AvgIpc) is 3.38. The van der Waals surface area contributed by atoms with E-state index in [4.69, 9.17) is 9.47 Å². The maximum Gasteiger partial charge on any atom is 0.244 e. The van der Waals surface area contributed by atoms with Crippen LogP contribution in [0.3, 0.4) is 0 Å². The number of aryl methyl sites for hydroxylation is 1. The fourth-order valence-corrected chi connectivity index (χ4v) is 5.38. The molecule has 9 nitrogen and oxygen atoms in total. The molecule has 1 atom stereocenters. The maximum atomic E-state index is 13.8. The topological polar surface area (TPSA) is 105 Å². The summed E-state index contributed by atoms with van der Waals surface area (Å²) in [5.41, 5.74) is 2.02. The fourth-order valence-electron chi connectivity index (χ4n) is 4.53. The van der Waals surface area contributed by atoms with Gasteiger partial charge in [-0.25, -0.2) is 8.42 Å². The van der Waals surface area contributed by atoms with Crippen molar-refractivity contribution in [2.45, 2.75) is 58.2 Å². The SMILES string of the molecule is COc1ccc(OC)c(N(CC(=O)N(Cc2ccccc2C)C(C)C(=O)NC2CCCC2)S(C)(=O)=O)c1. The van der Waals surface area contributed by atoms with E-state index in [1.54, 1.807) is 19.1 Å². The summed E-state index contributed by atoms with van der Waals surface area (Å²) in [7, 11) is -1.01. The summed E-state index contributed by atoms with van der Waals surface area (Å²) < 4.78 is 37.4. The number of hydrogen-bond acceptors (Lipinski definition) is 6. The number of methoxy groups -OCH3 is 2. The minimum atomic E-state index is -3.90. The summed E-state index contributed by atoms with van der Waals surface area (Å²) in [5, 5.41) is 3.06. The summed E-state index contributed by atoms with van der Waals surface area (Å²) in [5.74, 6) is -0.0687. The van der Waals surface area contributed by atoms with Crippen LogP contribution >= 0.6 is 0 Å². The second kappa shape index (κ2) is 12.3. The number of carbonyl (C=O) groups excluding carboxylic acids is 2. The van der Waals surface area contributed by atoms with Crippen LogP contribution in [0.5, 0.6) is 11.5 Å². The lowest BCUT2D eigenvalue weighted by Gasteiger charge is -2.32. The zero-order chi connectivity index (χ0) is 27.2. The molecule has 1 aliphatic carbocycles. The molecule has 3 rings (SSSR count). The first-order chi connectivity index (χ1) is 17.5. The third kappa shape index (κ3) is 7.15. The summed E-state index contributed by atoms with van der Waals surface area (Å²) in [6.07, 6.45) is 5.00. The summed E-state index contributed by atoms with van der Waals surface area (Å²) in [6, 6.07) is 11.6. The van der Waals surface area contributed by atoms with E-state index in [2.05, 4.69) is 5.32 Å². The highest BCUT2D eigenvalue weighted by atomic mass is 32.2. The predicted molar refractivity (Wildman–Crippen MR) is 143 cm³/mol. The zero-order valence-electron chi connectivity index (χ0n) is 22.2. The number of nitrogens with zero attached hydrogens (tertiary/aromatic N) is 2. The van der Waals surface area contributed by atoms with Gasteiger partial charge in [-0.15, -0.1) is 0 Å². The Hall–Kier alpha value is -3.27. The lowest BCUT2D eigenvalue weighted by molar-refractivity contribution is -0.139. The molecular formula is C27H37N3O6S. The highest BCUT2D eigenvalue weighted by Gasteiger charge is 2.32. The Balaban J connectivity index is 1.95. The fraction of sp³-hybridized carbons (Fsp3) is 0.481. The molecule has 0 radical (unpaired) electrons. The van der Waals surface area contributed by atoms with Gasteiger partial charge in [0.05, 0.1) is 26.2 Å². The van der Waals surface area contributed by atoms with Gasteiger partial charge in [0.1, 0.15) is 24.1 Å². The molecule has 2 aromatic carbocycles. The molecule has 10 heteroatoms. The monoisotopic (exact) mass is 531 g/mol. The molecule has 1 saturated carbocycles. The highest BCUT2D eigenvalue weighted by molar-refractivity contribution is 7.92. The molecule has 0 saturated heterocycles. The van der Waals surface area contributed by atoms with Crippen LogP contribution in [-0.2, 0) is 26.2 Å². The number of sulfonamides is 1. The molecule has 0 aliphatic heterocycles. The number of nitrogens with one attached hydrogen (secondary N) is 1. The van der Waals surface area contributed by atoms with Crippen molar-refractivity contribution in [3.8, 4) is 11.5 Å². The molecule has 0 aromatic heterocycles. The minimum absolute atomic E-state index is 0.0962. The first-order valence-corrected chi connectivity index (χ1v) is 14.2. The molecule has 2 aromatic rings. The Bertz CT molecular complexity index is 1210. The van der Waals surface area contributed by atoms with Gasteiger partial charge in [0.2, 0.25) is 21.8 Å². The van der Waals surface area contributed by atoms with Crippen molar-refractivity contribution in [3.63, 3.8) is 0 Å². The molecule has 1 aliphatic rings. The van der Waals surface area contributed by atoms with Gasteiger partial charge >= 0.3 is 0 Å². The van der Waals surface area contributed by atoms with Crippen molar-refractivity contribution in [3.05, 3.63) is 53.6 Å². The lowest BCUT2D eigenvalue weighted by Crippen LogP contribution is -2.52. The number of benzene rings is 2. The van der Waals surface area contributed by atoms with Gasteiger partial charge in [-0.1, -0.05) is 37.1 Å². The van der Waals surface area contributed by atoms with E-state index in [0.29, 0.717) is 5.75 Å². The quantitative estimate of drug-likeness (QED) is 0.477. The molecule has 0 heterocycles. The molecule has 0 bridgehead atoms. The van der Waals surface area contributed by atoms with Gasteiger partial charge in [-0.05, 0) is 49.9 Å². The van der Waals surface area contributed by atoms with Crippen LogP contribution in [-0.4, -0.2) is 64.2 Å². The van der Waals surface area contributed by atoms with Crippen LogP contribution in [0.1, 0.15) is 43.7 Å². The number of hydrogen-bond donors (Lipinski definition) is 1. The van der Waals surface area contributed by atoms with Crippen molar-refractivity contribution in [2.24, 2.45) is 0 Å². The first kappa shape index (κ1) is 28.3. The largest absolute Gasteiger partial charge is 0.497 e. The van der Waals surface area contributed by atoms with E-state index >= 15 is 0 Å². The summed E-state index contributed by atoms with van der Waals surface area (Å²) >= 11 is 0. The van der Waals surface area contributed by atoms with Crippen molar-refractivity contribution in [1.82, 2.24) is 10.2 Å². The van der Waals surface area contributed by atoms with Crippen molar-refractivity contribution < 1.29 is 27.5 Å². The minimum Gasteiger partial charge on any atom is -0.497 e. The summed E-state index contributed by atoms with van der Waals surface area (Å²) in [4.78, 5) is 28.4. The number of carbonyl (C=O) groups is 2. The third-order valence-corrected chi connectivity index (χ3v) is 7.93. The van der Waals surface area contributed by atoms with Crippen LogP contribution in [0, 0.1) is 6.92 Å². The Kier molecular flexibility index (Phi) is 9.42. The molecular weight excluding hydrogens is 494 g/mol. The van der Waals surface area contributed by atoms with Gasteiger partial charge in [0, 0.05) is 18.7 Å². The van der Waals surface area contributed by atoms with Crippen molar-refractivity contribution in [1.29, 1.82) is 0 Å². The molecule has 2 amide bonds. The van der Waals surface area contributed by atoms with E-state index in [9.17, 15) is 18.0 Å². The number of anilines is 1. The predicted octanol–water partition coefficient (Wildman–Crippen LogP) is 3.25. The van der Waals surface area contributed by atoms with Gasteiger partial charge in [-0.2, -0.15) is 0 Å². The number of rotatable bonds is 11. The highest BCUT2D eigenvalue weighted by Crippen LogP contribution is 2.34. The second-order valence-electron chi connectivity index (χ2n) is 9.42. The third-order valence-electron chi connectivity index (χ3n) is 6.80. The van der Waals surface area contributed by atoms with Crippen LogP contribution in [0.15, 0.2) is 42.5 Å². The van der Waals surface area contributed by atoms with Crippen molar-refractivity contribution in [2.75, 3.05) is 31.3 Å². The molecule has 1 N–H and O–H groups in total. The molecule has 1 fully saturated rings. The van der Waals surface area contributed by atoms with Crippen LogP contribution in [0.2, 0.25) is 0 Å². The van der Waals surface area contributed by atoms with Gasteiger partial charge < -0.3 is 19.7 Å². The maximum absolute atomic E-state index is 13.8. The first-order valence-electron chi connectivity index (χ1n) is 12.4. The Morgan fingerprint density at radius 1 is 1.08 bits per heavy atom. The Morgan fingerprint density at radius 2 is 1.76 bits per heavy atom. The van der Waals surface area contributed by atoms with E-state index < -0.39 is 28.5 Å². The van der Waals surface area contributed by atoms with E-state index in [-0.39, 0.29) is 29.9 Å². The number of amides is 2. The van der Waals surface area contributed by atoms with Crippen LogP contribution < -0.4 is 19.1 Å². The number of ether oxygens (including phenoxy) is 2. The lowest BCUT2D eigenvalue weighted by atomic mass is 10.1. The normalized spacial score (nSPS) is 14.6. The van der Waals surface area contributed by atoms with Gasteiger partial charge in [0.25, 0.3) is 0 Å². The zero-order valence-corrected chi connectivity index (χ0v) is 23.0. The standard InChI is InChI=1S/C27H37N3O6S/c1-19-10-6-7-11-21(19)17-29(20(2)27(32)28-22-12-8-9-13-22)26(31)18-30(37(5,33)34)24-16-23(35-3)14-15-25(24)36-4/h6-7,10-11,14-16,20,22H,8-9,12-13,17-18H2,1-5H3,(H,28,32). The van der Waals surface area contributed by atoms with Gasteiger partial charge in [0.15, 0.2) is 0 Å². The van der Waals surface area contributed by atoms with Crippen LogP contribution in [0.4, 0.5) is 5.69 Å². The molecule has 1 unspecified atom stereocenters. The summed E-state index contributed by atoms with van der Waals surface area (Å²) in [6.45, 7) is 3.27. The van der Waals surface area contributed by atoms with E-state index in [0.717, 1.165) is 47.4 Å². The van der Waals surface area contributed by atoms with E-state index in [1.807, 2.05) is 31.2 Å². The van der Waals surface area contributed by atoms with E-state index in [1.165, 1.54) is 25.2 Å². The Labute approximate surface area is 219 Å². The molecule has 0 spiro atoms. The average molecular weight is 532 g/mol. The Morgan fingerprint density at radius 3 is 2.35 bits per heavy atom. The molecule has 37 heavy (non-hydrogen) atoms. The van der Waals surface area contributed by atoms with Gasteiger partial charge in [-0.3, -0.25) is 13.9 Å². The smallest absolute Gasteiger partial charge is 0.244 e. The van der Waals surface area contributed by atoms with Crippen molar-refractivity contribution >= 4 is 27.5 Å². The molecule has 202 valence electrons. The second-order valence-corrected chi connectivity index (χ2v) is 11.3. The van der Waals surface area contributed by atoms with Crippen LogP contribution in [0.25, 0.3) is 0 Å².